The summed E-state index contributed by atoms with van der Waals surface area (Å²) in [5.41, 5.74) is -0.0642. The van der Waals surface area contributed by atoms with Crippen molar-refractivity contribution in [2.24, 2.45) is 5.92 Å². The number of nitriles is 1. The minimum Gasteiger partial charge on any atom is -0.370 e. The summed E-state index contributed by atoms with van der Waals surface area (Å²) in [6.07, 6.45) is 0.857. The summed E-state index contributed by atoms with van der Waals surface area (Å²) < 4.78 is 27.3. The van der Waals surface area contributed by atoms with E-state index in [0.717, 1.165) is 18.6 Å². The van der Waals surface area contributed by atoms with E-state index in [2.05, 4.69) is 13.8 Å². The maximum absolute atomic E-state index is 13.6. The lowest BCUT2D eigenvalue weighted by atomic mass is 10.1. The van der Waals surface area contributed by atoms with E-state index in [0.29, 0.717) is 12.5 Å². The fraction of sp³-hybridized carbons (Fsp3) is 0.462. The van der Waals surface area contributed by atoms with Gasteiger partial charge in [-0.15, -0.1) is 0 Å². The highest BCUT2D eigenvalue weighted by Crippen LogP contribution is 2.24. The SMILES string of the molecule is CC(C)CCN(C)c1c(F)cc(C#N)cc1F. The van der Waals surface area contributed by atoms with Crippen molar-refractivity contribution >= 4 is 5.69 Å². The number of rotatable bonds is 4. The van der Waals surface area contributed by atoms with Gasteiger partial charge in [0.25, 0.3) is 0 Å². The molecule has 17 heavy (non-hydrogen) atoms. The van der Waals surface area contributed by atoms with Gasteiger partial charge in [0.1, 0.15) is 5.69 Å². The molecule has 0 bridgehead atoms. The topological polar surface area (TPSA) is 27.0 Å². The third-order valence-electron chi connectivity index (χ3n) is 2.57. The maximum atomic E-state index is 13.6. The number of anilines is 1. The van der Waals surface area contributed by atoms with Gasteiger partial charge in [-0.1, -0.05) is 13.8 Å². The lowest BCUT2D eigenvalue weighted by Crippen LogP contribution is -2.22. The van der Waals surface area contributed by atoms with E-state index in [-0.39, 0.29) is 11.3 Å². The van der Waals surface area contributed by atoms with Gasteiger partial charge in [-0.3, -0.25) is 0 Å². The minimum atomic E-state index is -0.687. The summed E-state index contributed by atoms with van der Waals surface area (Å²) in [6.45, 7) is 4.69. The van der Waals surface area contributed by atoms with E-state index in [1.54, 1.807) is 18.0 Å². The molecule has 0 saturated carbocycles. The number of hydrogen-bond acceptors (Lipinski definition) is 2. The molecule has 0 radical (unpaired) electrons. The monoisotopic (exact) mass is 238 g/mol. The highest BCUT2D eigenvalue weighted by Gasteiger charge is 2.15. The molecule has 0 aliphatic heterocycles. The Bertz CT molecular complexity index is 413. The van der Waals surface area contributed by atoms with Gasteiger partial charge in [0, 0.05) is 13.6 Å². The Morgan fingerprint density at radius 2 is 1.82 bits per heavy atom. The van der Waals surface area contributed by atoms with Gasteiger partial charge in [0.05, 0.1) is 11.6 Å². The molecule has 1 aromatic rings. The van der Waals surface area contributed by atoms with E-state index >= 15 is 0 Å². The van der Waals surface area contributed by atoms with Crippen LogP contribution in [0.25, 0.3) is 0 Å². The highest BCUT2D eigenvalue weighted by molar-refractivity contribution is 5.52. The molecule has 2 nitrogen and oxygen atoms in total. The highest BCUT2D eigenvalue weighted by atomic mass is 19.1. The largest absolute Gasteiger partial charge is 0.370 e. The molecule has 0 N–H and O–H groups in total. The fourth-order valence-electron chi connectivity index (χ4n) is 1.56. The molecule has 0 amide bonds. The molecule has 0 unspecified atom stereocenters. The Balaban J connectivity index is 2.94. The first kappa shape index (κ1) is 13.4. The van der Waals surface area contributed by atoms with Crippen molar-refractivity contribution in [1.82, 2.24) is 0 Å². The predicted molar refractivity (Wildman–Crippen MR) is 63.8 cm³/mol. The van der Waals surface area contributed by atoms with Crippen LogP contribution in [0.1, 0.15) is 25.8 Å². The van der Waals surface area contributed by atoms with Crippen LogP contribution < -0.4 is 4.90 Å². The second kappa shape index (κ2) is 5.62. The van der Waals surface area contributed by atoms with Crippen LogP contribution in [0.15, 0.2) is 12.1 Å². The normalized spacial score (nSPS) is 10.4. The van der Waals surface area contributed by atoms with E-state index in [1.165, 1.54) is 0 Å². The van der Waals surface area contributed by atoms with E-state index < -0.39 is 11.6 Å². The average molecular weight is 238 g/mol. The fourth-order valence-corrected chi connectivity index (χ4v) is 1.56. The zero-order valence-electron chi connectivity index (χ0n) is 10.3. The van der Waals surface area contributed by atoms with Gasteiger partial charge in [-0.2, -0.15) is 5.26 Å². The third kappa shape index (κ3) is 3.42. The molecule has 0 aliphatic rings. The van der Waals surface area contributed by atoms with Gasteiger partial charge in [0.2, 0.25) is 0 Å². The Morgan fingerprint density at radius 1 is 1.29 bits per heavy atom. The minimum absolute atomic E-state index is 0.000935. The Morgan fingerprint density at radius 3 is 2.24 bits per heavy atom. The van der Waals surface area contributed by atoms with Gasteiger partial charge in [-0.25, -0.2) is 8.78 Å². The van der Waals surface area contributed by atoms with Crippen molar-refractivity contribution in [2.45, 2.75) is 20.3 Å². The summed E-state index contributed by atoms with van der Waals surface area (Å²) in [6, 6.07) is 3.85. The van der Waals surface area contributed by atoms with Crippen molar-refractivity contribution in [3.8, 4) is 6.07 Å². The molecule has 0 spiro atoms. The second-order valence-electron chi connectivity index (χ2n) is 4.50. The van der Waals surface area contributed by atoms with Crippen LogP contribution in [0.2, 0.25) is 0 Å². The van der Waals surface area contributed by atoms with E-state index in [9.17, 15) is 8.78 Å². The smallest absolute Gasteiger partial charge is 0.150 e. The van der Waals surface area contributed by atoms with Crippen LogP contribution in [-0.2, 0) is 0 Å². The summed E-state index contributed by atoms with van der Waals surface area (Å²) >= 11 is 0. The molecular formula is C13H16F2N2. The first-order valence-electron chi connectivity index (χ1n) is 5.56. The van der Waals surface area contributed by atoms with E-state index in [4.69, 9.17) is 5.26 Å². The maximum Gasteiger partial charge on any atom is 0.150 e. The molecule has 0 atom stereocenters. The second-order valence-corrected chi connectivity index (χ2v) is 4.50. The number of hydrogen-bond donors (Lipinski definition) is 0. The molecule has 0 aliphatic carbocycles. The lowest BCUT2D eigenvalue weighted by Gasteiger charge is -2.21. The molecule has 0 saturated heterocycles. The van der Waals surface area contributed by atoms with Crippen LogP contribution in [0.3, 0.4) is 0 Å². The molecular weight excluding hydrogens is 222 g/mol. The van der Waals surface area contributed by atoms with Crippen molar-refractivity contribution in [2.75, 3.05) is 18.5 Å². The molecule has 4 heteroatoms. The molecule has 0 aromatic heterocycles. The van der Waals surface area contributed by atoms with Gasteiger partial charge in [0.15, 0.2) is 11.6 Å². The number of halogens is 2. The average Bonchev–Trinajstić information content (AvgIpc) is 2.25. The van der Waals surface area contributed by atoms with Gasteiger partial charge in [-0.05, 0) is 24.5 Å². The van der Waals surface area contributed by atoms with Crippen LogP contribution in [-0.4, -0.2) is 13.6 Å². The molecule has 92 valence electrons. The number of nitrogens with zero attached hydrogens (tertiary/aromatic N) is 2. The van der Waals surface area contributed by atoms with Crippen molar-refractivity contribution in [1.29, 1.82) is 5.26 Å². The van der Waals surface area contributed by atoms with Gasteiger partial charge >= 0.3 is 0 Å². The molecule has 1 aromatic carbocycles. The first-order chi connectivity index (χ1) is 7.95. The van der Waals surface area contributed by atoms with Crippen LogP contribution >= 0.6 is 0 Å². The van der Waals surface area contributed by atoms with Crippen LogP contribution in [0, 0.1) is 28.9 Å². The Hall–Kier alpha value is -1.63. The molecule has 0 heterocycles. The zero-order valence-corrected chi connectivity index (χ0v) is 10.3. The van der Waals surface area contributed by atoms with Crippen molar-refractivity contribution < 1.29 is 8.78 Å². The standard InChI is InChI=1S/C13H16F2N2/c1-9(2)4-5-17(3)13-11(14)6-10(8-16)7-12(13)15/h6-7,9H,4-5H2,1-3H3. The summed E-state index contributed by atoms with van der Waals surface area (Å²) in [4.78, 5) is 1.55. The van der Waals surface area contributed by atoms with E-state index in [1.807, 2.05) is 0 Å². The summed E-state index contributed by atoms with van der Waals surface area (Å²) in [7, 11) is 1.65. The summed E-state index contributed by atoms with van der Waals surface area (Å²) in [5, 5.41) is 8.60. The molecule has 1 rings (SSSR count). The molecule has 0 fully saturated rings. The van der Waals surface area contributed by atoms with Crippen LogP contribution in [0.4, 0.5) is 14.5 Å². The predicted octanol–water partition coefficient (Wildman–Crippen LogP) is 3.32. The van der Waals surface area contributed by atoms with Crippen LogP contribution in [0.5, 0.6) is 0 Å². The Kier molecular flexibility index (Phi) is 4.45. The van der Waals surface area contributed by atoms with Crippen molar-refractivity contribution in [3.63, 3.8) is 0 Å². The number of benzene rings is 1. The summed E-state index contributed by atoms with van der Waals surface area (Å²) in [5.74, 6) is -0.900. The quantitative estimate of drug-likeness (QED) is 0.804. The zero-order chi connectivity index (χ0) is 13.0. The first-order valence-corrected chi connectivity index (χ1v) is 5.56. The Labute approximate surface area is 100 Å². The van der Waals surface area contributed by atoms with Gasteiger partial charge < -0.3 is 4.90 Å². The third-order valence-corrected chi connectivity index (χ3v) is 2.57. The lowest BCUT2D eigenvalue weighted by molar-refractivity contribution is 0.552. The van der Waals surface area contributed by atoms with Crippen molar-refractivity contribution in [3.05, 3.63) is 29.3 Å².